The monoisotopic (exact) mass is 248 g/mol. The van der Waals surface area contributed by atoms with E-state index in [-0.39, 0.29) is 11.9 Å². The van der Waals surface area contributed by atoms with Crippen LogP contribution in [0.2, 0.25) is 0 Å². The van der Waals surface area contributed by atoms with Crippen molar-refractivity contribution < 1.29 is 19.3 Å². The fraction of sp³-hybridized carbons (Fsp3) is 0.429. The van der Waals surface area contributed by atoms with Crippen molar-refractivity contribution in [3.05, 3.63) is 23.8 Å². The molecule has 4 nitrogen and oxygen atoms in total. The van der Waals surface area contributed by atoms with Crippen molar-refractivity contribution in [2.75, 3.05) is 14.2 Å². The third-order valence-corrected chi connectivity index (χ3v) is 3.63. The lowest BCUT2D eigenvalue weighted by Crippen LogP contribution is -2.18. The molecular formula is C14H16O4. The van der Waals surface area contributed by atoms with Crippen molar-refractivity contribution in [2.24, 2.45) is 0 Å². The number of rotatable bonds is 2. The summed E-state index contributed by atoms with van der Waals surface area (Å²) >= 11 is 0. The molecule has 3 rings (SSSR count). The fourth-order valence-corrected chi connectivity index (χ4v) is 2.80. The smallest absolute Gasteiger partial charge is 0.207 e. The number of fused-ring (bicyclic) bond motifs is 3. The van der Waals surface area contributed by atoms with Crippen molar-refractivity contribution in [3.8, 4) is 23.0 Å². The molecule has 1 aliphatic carbocycles. The number of allylic oxidation sites excluding steroid dienone is 1. The molecule has 0 amide bonds. The molecule has 0 fully saturated rings. The van der Waals surface area contributed by atoms with Gasteiger partial charge in [-0.2, -0.15) is 0 Å². The average Bonchev–Trinajstić information content (AvgIpc) is 2.75. The largest absolute Gasteiger partial charge is 0.504 e. The van der Waals surface area contributed by atoms with E-state index in [1.54, 1.807) is 13.2 Å². The van der Waals surface area contributed by atoms with Gasteiger partial charge >= 0.3 is 0 Å². The summed E-state index contributed by atoms with van der Waals surface area (Å²) in [6.07, 6.45) is 6.34. The summed E-state index contributed by atoms with van der Waals surface area (Å²) in [6, 6.07) is 1.74. The van der Waals surface area contributed by atoms with Gasteiger partial charge in [0.05, 0.1) is 14.2 Å². The normalized spacial score (nSPS) is 24.1. The highest BCUT2D eigenvalue weighted by Crippen LogP contribution is 2.54. The molecule has 0 radical (unpaired) electrons. The van der Waals surface area contributed by atoms with E-state index in [4.69, 9.17) is 14.2 Å². The van der Waals surface area contributed by atoms with Crippen molar-refractivity contribution in [1.29, 1.82) is 0 Å². The van der Waals surface area contributed by atoms with Gasteiger partial charge in [-0.15, -0.1) is 0 Å². The van der Waals surface area contributed by atoms with E-state index in [0.29, 0.717) is 23.2 Å². The third-order valence-electron chi connectivity index (χ3n) is 3.63. The lowest BCUT2D eigenvalue weighted by atomic mass is 9.87. The summed E-state index contributed by atoms with van der Waals surface area (Å²) in [7, 11) is 3.06. The van der Waals surface area contributed by atoms with Gasteiger partial charge in [-0.05, 0) is 25.0 Å². The second-order valence-corrected chi connectivity index (χ2v) is 4.58. The van der Waals surface area contributed by atoms with Crippen molar-refractivity contribution >= 4 is 0 Å². The van der Waals surface area contributed by atoms with Gasteiger partial charge in [-0.1, -0.05) is 6.08 Å². The molecule has 1 N–H and O–H groups in total. The summed E-state index contributed by atoms with van der Waals surface area (Å²) in [6.45, 7) is 0. The fourth-order valence-electron chi connectivity index (χ4n) is 2.80. The first-order valence-electron chi connectivity index (χ1n) is 6.07. The minimum Gasteiger partial charge on any atom is -0.504 e. The Labute approximate surface area is 106 Å². The molecule has 0 unspecified atom stereocenters. The maximum absolute atomic E-state index is 10.00. The molecule has 2 atom stereocenters. The van der Waals surface area contributed by atoms with Gasteiger partial charge in [0.1, 0.15) is 6.10 Å². The minimum atomic E-state index is 0.0501. The minimum absolute atomic E-state index is 0.0501. The van der Waals surface area contributed by atoms with Crippen LogP contribution in [-0.4, -0.2) is 25.4 Å². The van der Waals surface area contributed by atoms with Crippen molar-refractivity contribution in [1.82, 2.24) is 0 Å². The van der Waals surface area contributed by atoms with Crippen LogP contribution in [0.4, 0.5) is 0 Å². The van der Waals surface area contributed by atoms with Gasteiger partial charge in [-0.3, -0.25) is 0 Å². The van der Waals surface area contributed by atoms with E-state index in [9.17, 15) is 5.11 Å². The van der Waals surface area contributed by atoms with E-state index in [1.165, 1.54) is 7.11 Å². The molecule has 0 spiro atoms. The van der Waals surface area contributed by atoms with Gasteiger partial charge in [0.15, 0.2) is 11.5 Å². The summed E-state index contributed by atoms with van der Waals surface area (Å²) < 4.78 is 16.4. The van der Waals surface area contributed by atoms with Crippen LogP contribution < -0.4 is 14.2 Å². The molecule has 1 aromatic rings. The topological polar surface area (TPSA) is 47.9 Å². The standard InChI is InChI=1S/C14H16O4/c1-16-13-10(15)7-9-8-5-3-4-6-11(8)18-12(9)14(13)17-2/h4,6-8,11,15H,3,5H2,1-2H3/t8-,11-/m1/s1. The predicted octanol–water partition coefficient (Wildman–Crippen LogP) is 2.60. The molecular weight excluding hydrogens is 232 g/mol. The van der Waals surface area contributed by atoms with Gasteiger partial charge in [0.25, 0.3) is 0 Å². The number of methoxy groups -OCH3 is 2. The zero-order chi connectivity index (χ0) is 12.7. The summed E-state index contributed by atoms with van der Waals surface area (Å²) in [4.78, 5) is 0. The van der Waals surface area contributed by atoms with Gasteiger partial charge in [-0.25, -0.2) is 0 Å². The zero-order valence-corrected chi connectivity index (χ0v) is 10.5. The Balaban J connectivity index is 2.15. The quantitative estimate of drug-likeness (QED) is 0.817. The van der Waals surface area contributed by atoms with Crippen LogP contribution in [0.1, 0.15) is 24.3 Å². The molecule has 0 aromatic heterocycles. The number of phenols is 1. The molecule has 0 saturated carbocycles. The Morgan fingerprint density at radius 3 is 2.78 bits per heavy atom. The summed E-state index contributed by atoms with van der Waals surface area (Å²) in [5, 5.41) is 10.00. The van der Waals surface area contributed by atoms with Crippen LogP contribution in [0.5, 0.6) is 23.0 Å². The van der Waals surface area contributed by atoms with Crippen molar-refractivity contribution in [3.63, 3.8) is 0 Å². The summed E-state index contributed by atoms with van der Waals surface area (Å²) in [5.74, 6) is 1.92. The van der Waals surface area contributed by atoms with E-state index in [2.05, 4.69) is 12.2 Å². The molecule has 18 heavy (non-hydrogen) atoms. The Hall–Kier alpha value is -1.84. The second kappa shape index (κ2) is 4.12. The van der Waals surface area contributed by atoms with E-state index in [0.717, 1.165) is 18.4 Å². The first-order valence-corrected chi connectivity index (χ1v) is 6.07. The Morgan fingerprint density at radius 1 is 1.28 bits per heavy atom. The highest BCUT2D eigenvalue weighted by atomic mass is 16.5. The lowest BCUT2D eigenvalue weighted by Gasteiger charge is -2.18. The molecule has 0 saturated heterocycles. The van der Waals surface area contributed by atoms with Crippen molar-refractivity contribution in [2.45, 2.75) is 24.9 Å². The molecule has 2 aliphatic rings. The van der Waals surface area contributed by atoms with Crippen LogP contribution in [-0.2, 0) is 0 Å². The average molecular weight is 248 g/mol. The number of hydrogen-bond acceptors (Lipinski definition) is 4. The van der Waals surface area contributed by atoms with Crippen LogP contribution in [0.3, 0.4) is 0 Å². The Bertz CT molecular complexity index is 507. The maximum atomic E-state index is 10.00. The number of benzene rings is 1. The zero-order valence-electron chi connectivity index (χ0n) is 10.5. The second-order valence-electron chi connectivity index (χ2n) is 4.58. The first-order chi connectivity index (χ1) is 8.76. The number of ether oxygens (including phenoxy) is 3. The third kappa shape index (κ3) is 1.45. The van der Waals surface area contributed by atoms with Gasteiger partial charge in [0.2, 0.25) is 11.5 Å². The van der Waals surface area contributed by atoms with E-state index in [1.807, 2.05) is 0 Å². The first kappa shape index (κ1) is 11.3. The molecule has 1 aliphatic heterocycles. The van der Waals surface area contributed by atoms with Crippen LogP contribution in [0.25, 0.3) is 0 Å². The van der Waals surface area contributed by atoms with E-state index >= 15 is 0 Å². The number of hydrogen-bond donors (Lipinski definition) is 1. The van der Waals surface area contributed by atoms with Crippen LogP contribution in [0, 0.1) is 0 Å². The molecule has 4 heteroatoms. The SMILES string of the molecule is COc1c(O)cc2c(c1OC)O[C@@H]1C=CCC[C@H]21. The highest BCUT2D eigenvalue weighted by molar-refractivity contribution is 5.65. The molecule has 0 bridgehead atoms. The Morgan fingerprint density at radius 2 is 2.06 bits per heavy atom. The van der Waals surface area contributed by atoms with E-state index < -0.39 is 0 Å². The molecule has 1 aromatic carbocycles. The maximum Gasteiger partial charge on any atom is 0.207 e. The van der Waals surface area contributed by atoms with Gasteiger partial charge < -0.3 is 19.3 Å². The highest BCUT2D eigenvalue weighted by Gasteiger charge is 2.38. The molecule has 96 valence electrons. The predicted molar refractivity (Wildman–Crippen MR) is 66.7 cm³/mol. The lowest BCUT2D eigenvalue weighted by molar-refractivity contribution is 0.232. The van der Waals surface area contributed by atoms with Gasteiger partial charge in [0, 0.05) is 11.5 Å². The van der Waals surface area contributed by atoms with Crippen LogP contribution >= 0.6 is 0 Å². The Kier molecular flexibility index (Phi) is 2.58. The van der Waals surface area contributed by atoms with Crippen LogP contribution in [0.15, 0.2) is 18.2 Å². The number of aromatic hydroxyl groups is 1. The summed E-state index contributed by atoms with van der Waals surface area (Å²) in [5.41, 5.74) is 1.01. The number of phenolic OH excluding ortho intramolecular Hbond substituents is 1. The molecule has 1 heterocycles.